The minimum Gasteiger partial charge on any atom is -0.363 e. The predicted molar refractivity (Wildman–Crippen MR) is 101 cm³/mol. The number of fused-ring (bicyclic) bond motifs is 1. The third-order valence-corrected chi connectivity index (χ3v) is 5.31. The molecule has 0 unspecified atom stereocenters. The van der Waals surface area contributed by atoms with Gasteiger partial charge in [0, 0.05) is 17.8 Å². The van der Waals surface area contributed by atoms with E-state index < -0.39 is 34.1 Å². The molecule has 0 atom stereocenters. The molecule has 0 N–H and O–H groups in total. The van der Waals surface area contributed by atoms with E-state index in [-0.39, 0.29) is 48.0 Å². The molecule has 1 aromatic heterocycles. The van der Waals surface area contributed by atoms with Crippen molar-refractivity contribution in [1.29, 1.82) is 5.26 Å². The highest BCUT2D eigenvalue weighted by atomic mass is 35.5. The fourth-order valence-electron chi connectivity index (χ4n) is 3.62. The Morgan fingerprint density at radius 2 is 1.84 bits per heavy atom. The second-order valence-electron chi connectivity index (χ2n) is 6.98. The van der Waals surface area contributed by atoms with Crippen molar-refractivity contribution in [2.75, 3.05) is 11.4 Å². The summed E-state index contributed by atoms with van der Waals surface area (Å²) in [6, 6.07) is 7.23. The molecule has 0 spiro atoms. The molecular formula is C20H11ClF6N4O. The molecule has 0 radical (unpaired) electrons. The standard InChI is InChI=1S/C20H11ClF6N4O/c21-14-3-1-10(7-13(14)19(22,23)24)18-29-16(30-32-18)9-31-6-5-12-15(31)4-2-11(8-28)17(12)20(25,26)27/h1-4,7H,5-6,9H2. The maximum absolute atomic E-state index is 13.5. The molecule has 4 rings (SSSR count). The Bertz CT molecular complexity index is 1230. The first-order valence-corrected chi connectivity index (χ1v) is 9.44. The molecule has 0 bridgehead atoms. The van der Waals surface area contributed by atoms with E-state index in [1.54, 1.807) is 11.0 Å². The number of alkyl halides is 6. The Morgan fingerprint density at radius 1 is 1.09 bits per heavy atom. The summed E-state index contributed by atoms with van der Waals surface area (Å²) in [7, 11) is 0. The van der Waals surface area contributed by atoms with Crippen LogP contribution in [-0.4, -0.2) is 16.7 Å². The molecule has 12 heteroatoms. The molecule has 166 valence electrons. The summed E-state index contributed by atoms with van der Waals surface area (Å²) in [6.07, 6.45) is -9.29. The van der Waals surface area contributed by atoms with E-state index in [9.17, 15) is 26.3 Å². The quantitative estimate of drug-likeness (QED) is 0.447. The van der Waals surface area contributed by atoms with Crippen molar-refractivity contribution in [2.45, 2.75) is 25.3 Å². The summed E-state index contributed by atoms with van der Waals surface area (Å²) in [6.45, 7) is 0.190. The summed E-state index contributed by atoms with van der Waals surface area (Å²) < 4.78 is 84.7. The van der Waals surface area contributed by atoms with Gasteiger partial charge in [0.25, 0.3) is 5.89 Å². The van der Waals surface area contributed by atoms with Crippen molar-refractivity contribution >= 4 is 17.3 Å². The van der Waals surface area contributed by atoms with Gasteiger partial charge in [-0.3, -0.25) is 0 Å². The van der Waals surface area contributed by atoms with E-state index in [2.05, 4.69) is 10.1 Å². The van der Waals surface area contributed by atoms with Gasteiger partial charge in [-0.1, -0.05) is 16.8 Å². The second-order valence-corrected chi connectivity index (χ2v) is 7.38. The number of hydrogen-bond donors (Lipinski definition) is 0. The molecular weight excluding hydrogens is 462 g/mol. The Hall–Kier alpha value is -3.26. The number of anilines is 1. The highest BCUT2D eigenvalue weighted by Gasteiger charge is 2.40. The Labute approximate surface area is 181 Å². The van der Waals surface area contributed by atoms with Gasteiger partial charge < -0.3 is 9.42 Å². The van der Waals surface area contributed by atoms with Crippen LogP contribution >= 0.6 is 11.6 Å². The summed E-state index contributed by atoms with van der Waals surface area (Å²) in [5.74, 6) is -0.105. The first kappa shape index (κ1) is 22.0. The topological polar surface area (TPSA) is 66.0 Å². The van der Waals surface area contributed by atoms with Crippen molar-refractivity contribution in [2.24, 2.45) is 0 Å². The molecule has 5 nitrogen and oxygen atoms in total. The summed E-state index contributed by atoms with van der Waals surface area (Å²) in [4.78, 5) is 5.66. The number of aromatic nitrogens is 2. The minimum atomic E-state index is -4.68. The normalized spacial score (nSPS) is 13.9. The SMILES string of the molecule is N#Cc1ccc2c(c1C(F)(F)F)CCN2Cc1noc(-c2ccc(Cl)c(C(F)(F)F)c2)n1. The molecule has 2 heterocycles. The van der Waals surface area contributed by atoms with Gasteiger partial charge in [0.15, 0.2) is 5.82 Å². The number of rotatable bonds is 3. The molecule has 0 fully saturated rings. The van der Waals surface area contributed by atoms with Crippen molar-refractivity contribution in [3.8, 4) is 17.5 Å². The van der Waals surface area contributed by atoms with Crippen molar-refractivity contribution in [1.82, 2.24) is 10.1 Å². The lowest BCUT2D eigenvalue weighted by Gasteiger charge is -2.19. The fourth-order valence-corrected chi connectivity index (χ4v) is 3.84. The smallest absolute Gasteiger partial charge is 0.363 e. The molecule has 0 aliphatic carbocycles. The zero-order valence-electron chi connectivity index (χ0n) is 15.9. The molecule has 3 aromatic rings. The highest BCUT2D eigenvalue weighted by molar-refractivity contribution is 6.31. The lowest BCUT2D eigenvalue weighted by atomic mass is 9.99. The molecule has 32 heavy (non-hydrogen) atoms. The van der Waals surface area contributed by atoms with Gasteiger partial charge in [0.2, 0.25) is 0 Å². The number of benzene rings is 2. The van der Waals surface area contributed by atoms with Gasteiger partial charge in [-0.2, -0.15) is 36.6 Å². The van der Waals surface area contributed by atoms with E-state index in [4.69, 9.17) is 21.4 Å². The Kier molecular flexibility index (Phi) is 5.29. The maximum atomic E-state index is 13.5. The van der Waals surface area contributed by atoms with Crippen LogP contribution in [0.2, 0.25) is 5.02 Å². The molecule has 1 aliphatic rings. The lowest BCUT2D eigenvalue weighted by Crippen LogP contribution is -2.20. The average Bonchev–Trinajstić information content (AvgIpc) is 3.33. The zero-order chi connectivity index (χ0) is 23.3. The third kappa shape index (κ3) is 3.98. The highest BCUT2D eigenvalue weighted by Crippen LogP contribution is 2.42. The minimum absolute atomic E-state index is 0.000293. The van der Waals surface area contributed by atoms with E-state index in [0.717, 1.165) is 18.2 Å². The molecule has 0 saturated heterocycles. The number of nitriles is 1. The number of nitrogens with zero attached hydrogens (tertiary/aromatic N) is 4. The van der Waals surface area contributed by atoms with E-state index in [1.165, 1.54) is 12.1 Å². The Morgan fingerprint density at radius 3 is 2.50 bits per heavy atom. The lowest BCUT2D eigenvalue weighted by molar-refractivity contribution is -0.138. The van der Waals surface area contributed by atoms with Crippen LogP contribution in [0, 0.1) is 11.3 Å². The van der Waals surface area contributed by atoms with Crippen LogP contribution in [0.3, 0.4) is 0 Å². The van der Waals surface area contributed by atoms with E-state index in [0.29, 0.717) is 0 Å². The predicted octanol–water partition coefficient (Wildman–Crippen LogP) is 5.86. The van der Waals surface area contributed by atoms with Crippen molar-refractivity contribution in [3.05, 3.63) is 63.4 Å². The molecule has 1 aliphatic heterocycles. The van der Waals surface area contributed by atoms with Crippen LogP contribution in [0.1, 0.15) is 28.1 Å². The first-order chi connectivity index (χ1) is 15.0. The van der Waals surface area contributed by atoms with Gasteiger partial charge in [-0.05, 0) is 42.3 Å². The fraction of sp³-hybridized carbons (Fsp3) is 0.250. The van der Waals surface area contributed by atoms with Crippen LogP contribution in [0.15, 0.2) is 34.9 Å². The van der Waals surface area contributed by atoms with Gasteiger partial charge in [-0.25, -0.2) is 0 Å². The van der Waals surface area contributed by atoms with Crippen molar-refractivity contribution in [3.63, 3.8) is 0 Å². The summed E-state index contributed by atoms with van der Waals surface area (Å²) in [5.41, 5.74) is -2.18. The van der Waals surface area contributed by atoms with Gasteiger partial charge in [-0.15, -0.1) is 0 Å². The van der Waals surface area contributed by atoms with Crippen LogP contribution in [0.4, 0.5) is 32.0 Å². The van der Waals surface area contributed by atoms with Crippen LogP contribution < -0.4 is 4.90 Å². The van der Waals surface area contributed by atoms with E-state index >= 15 is 0 Å². The first-order valence-electron chi connectivity index (χ1n) is 9.07. The Balaban J connectivity index is 1.62. The monoisotopic (exact) mass is 472 g/mol. The average molecular weight is 473 g/mol. The summed E-state index contributed by atoms with van der Waals surface area (Å²) in [5, 5.41) is 12.3. The number of hydrogen-bond acceptors (Lipinski definition) is 5. The number of halogens is 7. The zero-order valence-corrected chi connectivity index (χ0v) is 16.6. The molecule has 2 aromatic carbocycles. The maximum Gasteiger partial charge on any atom is 0.418 e. The van der Waals surface area contributed by atoms with Crippen LogP contribution in [0.5, 0.6) is 0 Å². The van der Waals surface area contributed by atoms with Gasteiger partial charge in [0.05, 0.1) is 34.3 Å². The van der Waals surface area contributed by atoms with Crippen molar-refractivity contribution < 1.29 is 30.9 Å². The van der Waals surface area contributed by atoms with Gasteiger partial charge >= 0.3 is 12.4 Å². The largest absolute Gasteiger partial charge is 0.418 e. The summed E-state index contributed by atoms with van der Waals surface area (Å²) >= 11 is 5.61. The molecule has 0 amide bonds. The van der Waals surface area contributed by atoms with Crippen LogP contribution in [-0.2, 0) is 25.3 Å². The third-order valence-electron chi connectivity index (χ3n) is 4.98. The van der Waals surface area contributed by atoms with Gasteiger partial charge in [0.1, 0.15) is 0 Å². The van der Waals surface area contributed by atoms with E-state index in [1.807, 2.05) is 0 Å². The van der Waals surface area contributed by atoms with Crippen LogP contribution in [0.25, 0.3) is 11.5 Å². The second kappa shape index (κ2) is 7.70. The molecule has 0 saturated carbocycles.